The predicted molar refractivity (Wildman–Crippen MR) is 129 cm³/mol. The van der Waals surface area contributed by atoms with Crippen molar-refractivity contribution in [2.45, 2.75) is 43.3 Å². The molecule has 2 aromatic heterocycles. The molecule has 0 spiro atoms. The van der Waals surface area contributed by atoms with Crippen molar-refractivity contribution in [2.24, 2.45) is 0 Å². The first-order valence-electron chi connectivity index (χ1n) is 11.1. The van der Waals surface area contributed by atoms with E-state index < -0.39 is 0 Å². The Bertz CT molecular complexity index is 1290. The molecule has 5 rings (SSSR count). The van der Waals surface area contributed by atoms with Gasteiger partial charge in [-0.3, -0.25) is 9.36 Å². The lowest BCUT2D eigenvalue weighted by Crippen LogP contribution is -2.16. The SMILES string of the molecule is COc1ccc(C(C)=O)cc1CSc1nnc(-c2c[nH]c3ccccc23)n1C[C@@H]1CCCO1. The molecular formula is C25H26N4O3S. The van der Waals surface area contributed by atoms with Gasteiger partial charge in [0.15, 0.2) is 16.8 Å². The van der Waals surface area contributed by atoms with Crippen molar-refractivity contribution in [1.29, 1.82) is 0 Å². The number of ether oxygens (including phenoxy) is 2. The number of hydrogen-bond acceptors (Lipinski definition) is 6. The van der Waals surface area contributed by atoms with Crippen LogP contribution in [0.1, 0.15) is 35.7 Å². The monoisotopic (exact) mass is 462 g/mol. The number of aromatic amines is 1. The number of hydrogen-bond donors (Lipinski definition) is 1. The molecule has 0 radical (unpaired) electrons. The predicted octanol–water partition coefficient (Wildman–Crippen LogP) is 5.11. The van der Waals surface area contributed by atoms with Gasteiger partial charge in [0.05, 0.1) is 19.8 Å². The van der Waals surface area contributed by atoms with E-state index in [4.69, 9.17) is 9.47 Å². The average Bonchev–Trinajstić information content (AvgIpc) is 3.58. The molecule has 1 fully saturated rings. The van der Waals surface area contributed by atoms with E-state index in [9.17, 15) is 4.79 Å². The first-order chi connectivity index (χ1) is 16.1. The van der Waals surface area contributed by atoms with Crippen LogP contribution in [0.4, 0.5) is 0 Å². The summed E-state index contributed by atoms with van der Waals surface area (Å²) in [5.74, 6) is 2.23. The van der Waals surface area contributed by atoms with E-state index in [0.717, 1.165) is 58.2 Å². The third-order valence-electron chi connectivity index (χ3n) is 6.00. The lowest BCUT2D eigenvalue weighted by molar-refractivity contribution is 0.0953. The molecule has 1 N–H and O–H groups in total. The molecule has 0 saturated carbocycles. The van der Waals surface area contributed by atoms with Gasteiger partial charge in [-0.1, -0.05) is 30.0 Å². The summed E-state index contributed by atoms with van der Waals surface area (Å²) in [4.78, 5) is 15.2. The van der Waals surface area contributed by atoms with Crippen molar-refractivity contribution in [2.75, 3.05) is 13.7 Å². The number of carbonyl (C=O) groups is 1. The Morgan fingerprint density at radius 2 is 2.15 bits per heavy atom. The zero-order valence-corrected chi connectivity index (χ0v) is 19.5. The quantitative estimate of drug-likeness (QED) is 0.289. The average molecular weight is 463 g/mol. The minimum atomic E-state index is 0.0343. The number of benzene rings is 2. The third kappa shape index (κ3) is 4.41. The smallest absolute Gasteiger partial charge is 0.191 e. The Hall–Kier alpha value is -3.10. The zero-order chi connectivity index (χ0) is 22.8. The number of para-hydroxylation sites is 1. The van der Waals surface area contributed by atoms with E-state index >= 15 is 0 Å². The first-order valence-corrected chi connectivity index (χ1v) is 12.0. The minimum absolute atomic E-state index is 0.0343. The standard InChI is InChI=1S/C25H26N4O3S/c1-16(30)17-9-10-23(31-2)18(12-17)15-33-25-28-27-24(29(25)14-19-6-5-11-32-19)21-13-26-22-8-4-3-7-20(21)22/h3-4,7-10,12-13,19,26H,5-6,11,14-15H2,1-2H3/t19-/m0/s1. The highest BCUT2D eigenvalue weighted by Gasteiger charge is 2.23. The largest absolute Gasteiger partial charge is 0.496 e. The summed E-state index contributed by atoms with van der Waals surface area (Å²) in [6, 6.07) is 13.7. The van der Waals surface area contributed by atoms with Gasteiger partial charge in [-0.05, 0) is 44.0 Å². The van der Waals surface area contributed by atoms with E-state index in [1.54, 1.807) is 31.9 Å². The Morgan fingerprint density at radius 3 is 2.94 bits per heavy atom. The normalized spacial score (nSPS) is 15.9. The van der Waals surface area contributed by atoms with Gasteiger partial charge >= 0.3 is 0 Å². The molecule has 0 unspecified atom stereocenters. The van der Waals surface area contributed by atoms with Crippen LogP contribution in [0, 0.1) is 0 Å². The molecule has 1 saturated heterocycles. The lowest BCUT2D eigenvalue weighted by atomic mass is 10.1. The summed E-state index contributed by atoms with van der Waals surface area (Å²) in [6.45, 7) is 3.08. The second kappa shape index (κ2) is 9.41. The number of Topliss-reactive ketones (excluding diaryl/α,β-unsaturated/α-hetero) is 1. The van der Waals surface area contributed by atoms with E-state index in [1.807, 2.05) is 30.5 Å². The maximum absolute atomic E-state index is 11.9. The Kier molecular flexibility index (Phi) is 6.20. The lowest BCUT2D eigenvalue weighted by Gasteiger charge is -2.15. The van der Waals surface area contributed by atoms with Crippen molar-refractivity contribution in [1.82, 2.24) is 19.7 Å². The van der Waals surface area contributed by atoms with Crippen LogP contribution >= 0.6 is 11.8 Å². The molecule has 7 nitrogen and oxygen atoms in total. The molecule has 2 aromatic carbocycles. The Balaban J connectivity index is 1.49. The molecule has 170 valence electrons. The van der Waals surface area contributed by atoms with Crippen molar-refractivity contribution >= 4 is 28.4 Å². The summed E-state index contributed by atoms with van der Waals surface area (Å²) in [5, 5.41) is 11.1. The molecule has 1 aliphatic rings. The van der Waals surface area contributed by atoms with Crippen LogP contribution in [0.3, 0.4) is 0 Å². The molecule has 1 aliphatic heterocycles. The van der Waals surface area contributed by atoms with Crippen molar-refractivity contribution in [3.05, 3.63) is 59.8 Å². The van der Waals surface area contributed by atoms with Crippen LogP contribution < -0.4 is 4.74 Å². The van der Waals surface area contributed by atoms with Crippen LogP contribution in [0.25, 0.3) is 22.3 Å². The number of ketones is 1. The van der Waals surface area contributed by atoms with E-state index in [2.05, 4.69) is 31.9 Å². The summed E-state index contributed by atoms with van der Waals surface area (Å²) in [5.41, 5.74) is 3.72. The van der Waals surface area contributed by atoms with Gasteiger partial charge in [0.1, 0.15) is 5.75 Å². The van der Waals surface area contributed by atoms with Gasteiger partial charge in [0.25, 0.3) is 0 Å². The molecule has 3 heterocycles. The molecule has 33 heavy (non-hydrogen) atoms. The molecule has 1 atom stereocenters. The fraction of sp³-hybridized carbons (Fsp3) is 0.320. The van der Waals surface area contributed by atoms with Crippen molar-refractivity contribution in [3.63, 3.8) is 0 Å². The maximum atomic E-state index is 11.9. The maximum Gasteiger partial charge on any atom is 0.191 e. The van der Waals surface area contributed by atoms with E-state index in [0.29, 0.717) is 17.9 Å². The molecule has 0 bridgehead atoms. The molecule has 8 heteroatoms. The van der Waals surface area contributed by atoms with E-state index in [-0.39, 0.29) is 11.9 Å². The van der Waals surface area contributed by atoms with Crippen LogP contribution in [-0.2, 0) is 17.0 Å². The first kappa shape index (κ1) is 21.7. The number of thioether (sulfide) groups is 1. The van der Waals surface area contributed by atoms with Gasteiger partial charge in [0, 0.05) is 46.1 Å². The van der Waals surface area contributed by atoms with Crippen LogP contribution in [0.15, 0.2) is 53.8 Å². The third-order valence-corrected chi connectivity index (χ3v) is 7.02. The van der Waals surface area contributed by atoms with Crippen molar-refractivity contribution in [3.8, 4) is 17.1 Å². The second-order valence-electron chi connectivity index (χ2n) is 8.17. The summed E-state index contributed by atoms with van der Waals surface area (Å²) >= 11 is 1.59. The highest BCUT2D eigenvalue weighted by Crippen LogP contribution is 2.33. The Morgan fingerprint density at radius 1 is 1.27 bits per heavy atom. The fourth-order valence-electron chi connectivity index (χ4n) is 4.26. The van der Waals surface area contributed by atoms with Crippen molar-refractivity contribution < 1.29 is 14.3 Å². The highest BCUT2D eigenvalue weighted by molar-refractivity contribution is 7.98. The van der Waals surface area contributed by atoms with Gasteiger partial charge < -0.3 is 14.5 Å². The number of fused-ring (bicyclic) bond motifs is 1. The number of rotatable bonds is 8. The summed E-state index contributed by atoms with van der Waals surface area (Å²) in [6.07, 6.45) is 4.26. The molecule has 0 aliphatic carbocycles. The van der Waals surface area contributed by atoms with Gasteiger partial charge in [-0.2, -0.15) is 0 Å². The van der Waals surface area contributed by atoms with Gasteiger partial charge in [-0.15, -0.1) is 10.2 Å². The summed E-state index contributed by atoms with van der Waals surface area (Å²) in [7, 11) is 1.64. The number of carbonyl (C=O) groups excluding carboxylic acids is 1. The van der Waals surface area contributed by atoms with Gasteiger partial charge in [-0.25, -0.2) is 0 Å². The minimum Gasteiger partial charge on any atom is -0.496 e. The number of methoxy groups -OCH3 is 1. The Labute approximate surface area is 196 Å². The fourth-order valence-corrected chi connectivity index (χ4v) is 5.19. The van der Waals surface area contributed by atoms with Gasteiger partial charge in [0.2, 0.25) is 0 Å². The van der Waals surface area contributed by atoms with Crippen LogP contribution in [0.2, 0.25) is 0 Å². The van der Waals surface area contributed by atoms with Crippen LogP contribution in [0.5, 0.6) is 5.75 Å². The topological polar surface area (TPSA) is 82.0 Å². The van der Waals surface area contributed by atoms with E-state index in [1.165, 1.54) is 0 Å². The van der Waals surface area contributed by atoms with Crippen LogP contribution in [-0.4, -0.2) is 45.4 Å². The summed E-state index contributed by atoms with van der Waals surface area (Å²) < 4.78 is 13.6. The highest BCUT2D eigenvalue weighted by atomic mass is 32.2. The second-order valence-corrected chi connectivity index (χ2v) is 9.11. The molecular weight excluding hydrogens is 436 g/mol. The number of nitrogens with one attached hydrogen (secondary N) is 1. The number of aromatic nitrogens is 4. The molecule has 4 aromatic rings. The zero-order valence-electron chi connectivity index (χ0n) is 18.7. The number of H-pyrrole nitrogens is 1. The molecule has 0 amide bonds. The number of nitrogens with zero attached hydrogens (tertiary/aromatic N) is 3.